The molecule has 0 rings (SSSR count). The van der Waals surface area contributed by atoms with Gasteiger partial charge in [0.05, 0.1) is 0 Å². The van der Waals surface area contributed by atoms with Gasteiger partial charge in [-0.15, -0.1) is 0 Å². The molecule has 16 heavy (non-hydrogen) atoms. The molecule has 0 aromatic rings. The van der Waals surface area contributed by atoms with E-state index < -0.39 is 37.8 Å². The fourth-order valence-corrected chi connectivity index (χ4v) is 1.32. The number of carbonyl (C=O) groups is 1. The summed E-state index contributed by atoms with van der Waals surface area (Å²) in [6.45, 7) is -2.10. The van der Waals surface area contributed by atoms with Gasteiger partial charge in [0.2, 0.25) is 5.91 Å². The molecule has 0 radical (unpaired) electrons. The lowest BCUT2D eigenvalue weighted by Gasteiger charge is -2.23. The monoisotopic (exact) mass is 315 g/mol. The second-order valence-corrected chi connectivity index (χ2v) is 3.70. The molecule has 0 bridgehead atoms. The average Bonchev–Trinajstić information content (AvgIpc) is 1.97. The van der Waals surface area contributed by atoms with Crippen LogP contribution in [0.5, 0.6) is 0 Å². The summed E-state index contributed by atoms with van der Waals surface area (Å²) in [4.78, 5) is 11.0. The zero-order valence-corrected chi connectivity index (χ0v) is 9.42. The van der Waals surface area contributed by atoms with E-state index >= 15 is 0 Å². The fraction of sp³-hybridized carbons (Fsp3) is 0.857. The molecular weight excluding hydrogens is 308 g/mol. The van der Waals surface area contributed by atoms with Crippen molar-refractivity contribution in [2.45, 2.75) is 18.8 Å². The Labute approximate surface area is 95.7 Å². The van der Waals surface area contributed by atoms with E-state index in [0.717, 1.165) is 0 Å². The molecule has 96 valence electrons. The molecule has 9 heteroatoms. The van der Waals surface area contributed by atoms with Gasteiger partial charge in [-0.1, -0.05) is 15.9 Å². The van der Waals surface area contributed by atoms with E-state index in [1.54, 1.807) is 0 Å². The first-order valence-electron chi connectivity index (χ1n) is 4.02. The summed E-state index contributed by atoms with van der Waals surface area (Å²) in [7, 11) is 0. The summed E-state index contributed by atoms with van der Waals surface area (Å²) in [6.07, 6.45) is -11.4. The minimum atomic E-state index is -4.80. The number of alkyl halides is 7. The van der Waals surface area contributed by atoms with Crippen LogP contribution in [0.25, 0.3) is 0 Å². The van der Waals surface area contributed by atoms with Crippen LogP contribution in [0.1, 0.15) is 6.42 Å². The van der Waals surface area contributed by atoms with E-state index in [2.05, 4.69) is 15.9 Å². The van der Waals surface area contributed by atoms with Crippen LogP contribution >= 0.6 is 15.9 Å². The molecule has 0 unspecified atom stereocenters. The van der Waals surface area contributed by atoms with Crippen molar-refractivity contribution in [1.29, 1.82) is 0 Å². The predicted molar refractivity (Wildman–Crippen MR) is 47.1 cm³/mol. The van der Waals surface area contributed by atoms with E-state index in [0.29, 0.717) is 0 Å². The van der Waals surface area contributed by atoms with Gasteiger partial charge in [0.25, 0.3) is 0 Å². The molecule has 1 amide bonds. The molecule has 0 saturated carbocycles. The van der Waals surface area contributed by atoms with E-state index in [1.807, 2.05) is 0 Å². The number of carbonyl (C=O) groups excluding carboxylic acids is 1. The van der Waals surface area contributed by atoms with Gasteiger partial charge in [0, 0.05) is 11.9 Å². The minimum Gasteiger partial charge on any atom is -0.332 e. The van der Waals surface area contributed by atoms with Gasteiger partial charge in [-0.3, -0.25) is 4.79 Å². The highest BCUT2D eigenvalue weighted by Crippen LogP contribution is 2.23. The lowest BCUT2D eigenvalue weighted by molar-refractivity contribution is -0.176. The Hall–Kier alpha value is -0.470. The standard InChI is InChI=1S/C7H8BrF6NO/c8-1-2-15(4-7(12,13)14)5(16)3-6(9,10)11/h1-4H2. The van der Waals surface area contributed by atoms with Crippen LogP contribution in [-0.4, -0.2) is 41.6 Å². The van der Waals surface area contributed by atoms with Gasteiger partial charge in [0.15, 0.2) is 0 Å². The molecule has 0 aliphatic carbocycles. The Kier molecular flexibility index (Phi) is 5.57. The third-order valence-corrected chi connectivity index (χ3v) is 1.78. The van der Waals surface area contributed by atoms with E-state index in [9.17, 15) is 31.1 Å². The molecule has 0 aromatic heterocycles. The zero-order chi connectivity index (χ0) is 13.0. The van der Waals surface area contributed by atoms with Crippen molar-refractivity contribution in [3.63, 3.8) is 0 Å². The van der Waals surface area contributed by atoms with Crippen molar-refractivity contribution in [2.75, 3.05) is 18.4 Å². The summed E-state index contributed by atoms with van der Waals surface area (Å²) in [5, 5.41) is -0.0212. The molecule has 0 fully saturated rings. The van der Waals surface area contributed by atoms with Gasteiger partial charge in [-0.05, 0) is 0 Å². The van der Waals surface area contributed by atoms with Gasteiger partial charge < -0.3 is 4.90 Å². The molecule has 0 aliphatic heterocycles. The van der Waals surface area contributed by atoms with Crippen molar-refractivity contribution in [2.24, 2.45) is 0 Å². The Morgan fingerprint density at radius 1 is 1.06 bits per heavy atom. The maximum atomic E-state index is 11.9. The van der Waals surface area contributed by atoms with Gasteiger partial charge in [-0.25, -0.2) is 0 Å². The first kappa shape index (κ1) is 15.5. The summed E-state index contributed by atoms with van der Waals surface area (Å²) in [6, 6.07) is 0. The molecule has 0 spiro atoms. The third-order valence-electron chi connectivity index (χ3n) is 1.43. The summed E-state index contributed by atoms with van der Waals surface area (Å²) in [5.74, 6) is -1.58. The highest BCUT2D eigenvalue weighted by molar-refractivity contribution is 9.09. The molecule has 0 heterocycles. The topological polar surface area (TPSA) is 20.3 Å². The molecular formula is C7H8BrF6NO. The second-order valence-electron chi connectivity index (χ2n) is 2.91. The maximum Gasteiger partial charge on any atom is 0.406 e. The Balaban J connectivity index is 4.47. The molecule has 0 N–H and O–H groups in total. The van der Waals surface area contributed by atoms with Crippen LogP contribution < -0.4 is 0 Å². The molecule has 0 saturated heterocycles. The number of rotatable bonds is 4. The van der Waals surface area contributed by atoms with E-state index in [-0.39, 0.29) is 10.2 Å². The van der Waals surface area contributed by atoms with Crippen LogP contribution in [0.2, 0.25) is 0 Å². The Morgan fingerprint density at radius 3 is 1.88 bits per heavy atom. The predicted octanol–water partition coefficient (Wildman–Crippen LogP) is 2.72. The van der Waals surface area contributed by atoms with Crippen molar-refractivity contribution in [3.05, 3.63) is 0 Å². The third kappa shape index (κ3) is 7.77. The van der Waals surface area contributed by atoms with Crippen LogP contribution in [0.15, 0.2) is 0 Å². The molecule has 2 nitrogen and oxygen atoms in total. The molecule has 0 aromatic carbocycles. The van der Waals surface area contributed by atoms with Crippen LogP contribution in [-0.2, 0) is 4.79 Å². The summed E-state index contributed by atoms with van der Waals surface area (Å²) in [5.41, 5.74) is 0. The van der Waals surface area contributed by atoms with E-state index in [4.69, 9.17) is 0 Å². The number of hydrogen-bond acceptors (Lipinski definition) is 1. The smallest absolute Gasteiger partial charge is 0.332 e. The van der Waals surface area contributed by atoms with Crippen molar-refractivity contribution in [3.8, 4) is 0 Å². The quantitative estimate of drug-likeness (QED) is 0.577. The first-order chi connectivity index (χ1) is 7.05. The molecule has 0 atom stereocenters. The van der Waals surface area contributed by atoms with Crippen LogP contribution in [0.4, 0.5) is 26.3 Å². The number of halogens is 7. The highest BCUT2D eigenvalue weighted by Gasteiger charge is 2.37. The van der Waals surface area contributed by atoms with Crippen LogP contribution in [0.3, 0.4) is 0 Å². The van der Waals surface area contributed by atoms with Gasteiger partial charge in [-0.2, -0.15) is 26.3 Å². The summed E-state index contributed by atoms with van der Waals surface area (Å²) < 4.78 is 71.2. The first-order valence-corrected chi connectivity index (χ1v) is 5.14. The van der Waals surface area contributed by atoms with E-state index in [1.165, 1.54) is 0 Å². The maximum absolute atomic E-state index is 11.9. The normalized spacial score (nSPS) is 12.7. The number of amides is 1. The summed E-state index contributed by atoms with van der Waals surface area (Å²) >= 11 is 2.76. The van der Waals surface area contributed by atoms with Crippen molar-refractivity contribution < 1.29 is 31.1 Å². The fourth-order valence-electron chi connectivity index (χ4n) is 0.894. The average molecular weight is 316 g/mol. The largest absolute Gasteiger partial charge is 0.406 e. The van der Waals surface area contributed by atoms with Gasteiger partial charge in [0.1, 0.15) is 13.0 Å². The zero-order valence-electron chi connectivity index (χ0n) is 7.83. The number of hydrogen-bond donors (Lipinski definition) is 0. The minimum absolute atomic E-state index is 0.0212. The lowest BCUT2D eigenvalue weighted by atomic mass is 10.3. The van der Waals surface area contributed by atoms with Gasteiger partial charge >= 0.3 is 12.4 Å². The Bertz CT molecular complexity index is 238. The van der Waals surface area contributed by atoms with Crippen LogP contribution in [0, 0.1) is 0 Å². The Morgan fingerprint density at radius 2 is 1.56 bits per heavy atom. The second kappa shape index (κ2) is 5.74. The van der Waals surface area contributed by atoms with Crippen molar-refractivity contribution in [1.82, 2.24) is 4.90 Å². The molecule has 0 aliphatic rings. The lowest BCUT2D eigenvalue weighted by Crippen LogP contribution is -2.41. The number of nitrogens with zero attached hydrogens (tertiary/aromatic N) is 1. The highest BCUT2D eigenvalue weighted by atomic mass is 79.9. The SMILES string of the molecule is O=C(CC(F)(F)F)N(CCBr)CC(F)(F)F. The van der Waals surface area contributed by atoms with Crippen molar-refractivity contribution >= 4 is 21.8 Å².